The number of benzene rings is 2. The Balaban J connectivity index is 1.72. The van der Waals surface area contributed by atoms with Gasteiger partial charge in [0.2, 0.25) is 12.0 Å². The van der Waals surface area contributed by atoms with Gasteiger partial charge in [-0.1, -0.05) is 0 Å². The number of phenols is 2. The second-order valence-corrected chi connectivity index (χ2v) is 7.30. The third-order valence-corrected chi connectivity index (χ3v) is 5.15. The Kier molecular flexibility index (Phi) is 7.89. The average Bonchev–Trinajstić information content (AvgIpc) is 2.84. The number of ether oxygens (including phenoxy) is 6. The fourth-order valence-electron chi connectivity index (χ4n) is 3.28. The van der Waals surface area contributed by atoms with E-state index in [0.29, 0.717) is 0 Å². The second-order valence-electron chi connectivity index (χ2n) is 7.30. The van der Waals surface area contributed by atoms with Gasteiger partial charge in [-0.15, -0.1) is 0 Å². The van der Waals surface area contributed by atoms with Crippen LogP contribution in [0.5, 0.6) is 34.5 Å². The van der Waals surface area contributed by atoms with Crippen molar-refractivity contribution in [3.8, 4) is 34.5 Å². The van der Waals surface area contributed by atoms with Gasteiger partial charge in [-0.2, -0.15) is 0 Å². The van der Waals surface area contributed by atoms with Crippen LogP contribution in [0.1, 0.15) is 10.4 Å². The summed E-state index contributed by atoms with van der Waals surface area (Å²) in [5, 5.41) is 50.4. The van der Waals surface area contributed by atoms with E-state index in [4.69, 9.17) is 28.4 Å². The predicted molar refractivity (Wildman–Crippen MR) is 113 cm³/mol. The molecule has 12 heteroatoms. The van der Waals surface area contributed by atoms with E-state index in [1.54, 1.807) is 0 Å². The number of aromatic hydroxyl groups is 2. The van der Waals surface area contributed by atoms with E-state index in [0.717, 1.165) is 0 Å². The third kappa shape index (κ3) is 5.20. The minimum absolute atomic E-state index is 0.0148. The molecule has 1 saturated heterocycles. The molecule has 5 N–H and O–H groups in total. The van der Waals surface area contributed by atoms with Crippen LogP contribution in [0.2, 0.25) is 0 Å². The van der Waals surface area contributed by atoms with Crippen LogP contribution in [0.15, 0.2) is 30.3 Å². The average molecular weight is 482 g/mol. The number of methoxy groups -OCH3 is 3. The lowest BCUT2D eigenvalue weighted by atomic mass is 9.99. The molecule has 0 bridgehead atoms. The van der Waals surface area contributed by atoms with Gasteiger partial charge < -0.3 is 54.0 Å². The molecule has 0 aromatic heterocycles. The summed E-state index contributed by atoms with van der Waals surface area (Å²) < 4.78 is 31.4. The number of esters is 1. The first-order valence-corrected chi connectivity index (χ1v) is 10.1. The van der Waals surface area contributed by atoms with Gasteiger partial charge in [0.25, 0.3) is 0 Å². The summed E-state index contributed by atoms with van der Waals surface area (Å²) in [6.45, 7) is -0.512. The third-order valence-electron chi connectivity index (χ3n) is 5.15. The predicted octanol–water partition coefficient (Wildman–Crippen LogP) is 0.167. The first-order valence-electron chi connectivity index (χ1n) is 10.1. The Morgan fingerprint density at radius 1 is 0.853 bits per heavy atom. The zero-order valence-electron chi connectivity index (χ0n) is 18.6. The molecule has 0 amide bonds. The molecule has 12 nitrogen and oxygen atoms in total. The van der Waals surface area contributed by atoms with E-state index in [9.17, 15) is 30.3 Å². The first-order chi connectivity index (χ1) is 16.2. The fourth-order valence-corrected chi connectivity index (χ4v) is 3.28. The van der Waals surface area contributed by atoms with Crippen LogP contribution >= 0.6 is 0 Å². The molecule has 5 unspecified atom stereocenters. The lowest BCUT2D eigenvalue weighted by Gasteiger charge is -2.40. The number of carbonyl (C=O) groups excluding carboxylic acids is 1. The Morgan fingerprint density at radius 2 is 1.47 bits per heavy atom. The molecule has 0 spiro atoms. The van der Waals surface area contributed by atoms with E-state index in [2.05, 4.69) is 0 Å². The van der Waals surface area contributed by atoms with Crippen LogP contribution in [0.4, 0.5) is 0 Å². The molecule has 2 aromatic rings. The van der Waals surface area contributed by atoms with Crippen LogP contribution in [0.25, 0.3) is 0 Å². The highest BCUT2D eigenvalue weighted by Gasteiger charge is 2.45. The van der Waals surface area contributed by atoms with E-state index >= 15 is 0 Å². The van der Waals surface area contributed by atoms with Gasteiger partial charge in [-0.25, -0.2) is 4.79 Å². The topological polar surface area (TPSA) is 174 Å². The molecule has 0 radical (unpaired) electrons. The van der Waals surface area contributed by atoms with E-state index in [-0.39, 0.29) is 40.1 Å². The Bertz CT molecular complexity index is 984. The standard InChI is InChI=1S/C22H26O12/c1-29-13-8-11(23)4-5-12(13)33-22-20(27)19(26)18(25)16(34-22)9-32-21(28)10-6-14(30-2)17(24)15(7-10)31-3/h4-8,16,18-20,22-27H,9H2,1-3H3. The van der Waals surface area contributed by atoms with Crippen molar-refractivity contribution in [2.24, 2.45) is 0 Å². The summed E-state index contributed by atoms with van der Waals surface area (Å²) in [5.74, 6) is -1.05. The van der Waals surface area contributed by atoms with Gasteiger partial charge in [-0.05, 0) is 24.3 Å². The van der Waals surface area contributed by atoms with Gasteiger partial charge in [0.15, 0.2) is 23.0 Å². The maximum absolute atomic E-state index is 12.5. The number of rotatable bonds is 8. The summed E-state index contributed by atoms with van der Waals surface area (Å²) in [4.78, 5) is 12.5. The minimum Gasteiger partial charge on any atom is -0.508 e. The largest absolute Gasteiger partial charge is 0.508 e. The molecule has 1 heterocycles. The highest BCUT2D eigenvalue weighted by Crippen LogP contribution is 2.37. The molecule has 1 aliphatic rings. The molecule has 1 aliphatic heterocycles. The molecule has 0 aliphatic carbocycles. The molecule has 5 atom stereocenters. The van der Waals surface area contributed by atoms with Crippen molar-refractivity contribution in [3.63, 3.8) is 0 Å². The fraction of sp³-hybridized carbons (Fsp3) is 0.409. The number of aliphatic hydroxyl groups is 3. The van der Waals surface area contributed by atoms with Crippen molar-refractivity contribution in [3.05, 3.63) is 35.9 Å². The van der Waals surface area contributed by atoms with E-state index in [1.807, 2.05) is 0 Å². The highest BCUT2D eigenvalue weighted by molar-refractivity contribution is 5.91. The highest BCUT2D eigenvalue weighted by atomic mass is 16.7. The quantitative estimate of drug-likeness (QED) is 0.323. The van der Waals surface area contributed by atoms with Crippen LogP contribution in [-0.4, -0.2) is 90.1 Å². The number of phenolic OH excluding ortho intramolecular Hbond substituents is 2. The summed E-state index contributed by atoms with van der Waals surface area (Å²) in [6.07, 6.45) is -7.66. The minimum atomic E-state index is -1.68. The second kappa shape index (κ2) is 10.7. The van der Waals surface area contributed by atoms with Crippen molar-refractivity contribution in [2.75, 3.05) is 27.9 Å². The van der Waals surface area contributed by atoms with E-state index < -0.39 is 43.3 Å². The van der Waals surface area contributed by atoms with Crippen molar-refractivity contribution in [1.82, 2.24) is 0 Å². The zero-order valence-corrected chi connectivity index (χ0v) is 18.6. The molecule has 34 heavy (non-hydrogen) atoms. The summed E-state index contributed by atoms with van der Waals surface area (Å²) in [5.41, 5.74) is -0.0148. The maximum atomic E-state index is 12.5. The van der Waals surface area contributed by atoms with Crippen LogP contribution in [-0.2, 0) is 9.47 Å². The van der Waals surface area contributed by atoms with Crippen molar-refractivity contribution >= 4 is 5.97 Å². The van der Waals surface area contributed by atoms with Crippen LogP contribution in [0.3, 0.4) is 0 Å². The summed E-state index contributed by atoms with van der Waals surface area (Å²) in [7, 11) is 3.94. The smallest absolute Gasteiger partial charge is 0.338 e. The van der Waals surface area contributed by atoms with Crippen molar-refractivity contribution in [2.45, 2.75) is 30.7 Å². The molecule has 3 rings (SSSR count). The number of hydrogen-bond acceptors (Lipinski definition) is 12. The van der Waals surface area contributed by atoms with Crippen molar-refractivity contribution < 1.29 is 58.7 Å². The van der Waals surface area contributed by atoms with Crippen LogP contribution < -0.4 is 18.9 Å². The van der Waals surface area contributed by atoms with Gasteiger partial charge in [0, 0.05) is 6.07 Å². The molecule has 1 fully saturated rings. The maximum Gasteiger partial charge on any atom is 0.338 e. The SMILES string of the molecule is COc1cc(O)ccc1OC1OC(COC(=O)c2cc(OC)c(O)c(OC)c2)C(O)C(O)C1O. The van der Waals surface area contributed by atoms with Gasteiger partial charge in [0.05, 0.1) is 26.9 Å². The Morgan fingerprint density at radius 3 is 2.06 bits per heavy atom. The van der Waals surface area contributed by atoms with Gasteiger partial charge >= 0.3 is 5.97 Å². The Labute approximate surface area is 194 Å². The lowest BCUT2D eigenvalue weighted by molar-refractivity contribution is -0.277. The van der Waals surface area contributed by atoms with Gasteiger partial charge in [0.1, 0.15) is 36.8 Å². The normalized spacial score (nSPS) is 24.2. The summed E-state index contributed by atoms with van der Waals surface area (Å²) >= 11 is 0. The molecule has 0 saturated carbocycles. The molecular formula is C22H26O12. The monoisotopic (exact) mass is 482 g/mol. The molecular weight excluding hydrogens is 456 g/mol. The number of hydrogen-bond donors (Lipinski definition) is 5. The molecule has 2 aromatic carbocycles. The first kappa shape index (κ1) is 25.2. The van der Waals surface area contributed by atoms with Crippen molar-refractivity contribution in [1.29, 1.82) is 0 Å². The van der Waals surface area contributed by atoms with Crippen LogP contribution in [0, 0.1) is 0 Å². The summed E-state index contributed by atoms with van der Waals surface area (Å²) in [6, 6.07) is 6.43. The number of aliphatic hydroxyl groups excluding tert-OH is 3. The molecule has 186 valence electrons. The number of carbonyl (C=O) groups is 1. The zero-order chi connectivity index (χ0) is 25.0. The van der Waals surface area contributed by atoms with E-state index in [1.165, 1.54) is 51.7 Å². The lowest BCUT2D eigenvalue weighted by Crippen LogP contribution is -2.60. The Hall–Kier alpha value is -3.45. The van der Waals surface area contributed by atoms with Gasteiger partial charge in [-0.3, -0.25) is 0 Å².